The molecule has 1 atom stereocenters. The van der Waals surface area contributed by atoms with Gasteiger partial charge in [-0.25, -0.2) is 0 Å². The third kappa shape index (κ3) is 5.01. The Morgan fingerprint density at radius 1 is 1.10 bits per heavy atom. The third-order valence-electron chi connectivity index (χ3n) is 7.43. The van der Waals surface area contributed by atoms with Crippen LogP contribution in [0.3, 0.4) is 0 Å². The molecule has 10 nitrogen and oxygen atoms in total. The molecule has 2 aliphatic heterocycles. The second kappa shape index (κ2) is 10.2. The number of hydrogen-bond acceptors (Lipinski definition) is 9. The highest BCUT2D eigenvalue weighted by Crippen LogP contribution is 2.44. The Kier molecular flexibility index (Phi) is 6.68. The molecular weight excluding hydrogens is 537 g/mol. The van der Waals surface area contributed by atoms with Gasteiger partial charge in [-0.2, -0.15) is 23.1 Å². The number of nitrogens with zero attached hydrogens (tertiary/aromatic N) is 5. The average molecular weight is 569 g/mol. The molecule has 3 N–H and O–H groups in total. The minimum Gasteiger partial charge on any atom is -0.494 e. The van der Waals surface area contributed by atoms with Crippen LogP contribution in [0.4, 0.5) is 47.7 Å². The van der Waals surface area contributed by atoms with Crippen LogP contribution in [0.15, 0.2) is 42.6 Å². The summed E-state index contributed by atoms with van der Waals surface area (Å²) in [5.74, 6) is 1.32. The van der Waals surface area contributed by atoms with Crippen molar-refractivity contribution in [2.24, 2.45) is 0 Å². The van der Waals surface area contributed by atoms with Crippen molar-refractivity contribution in [2.45, 2.75) is 12.2 Å². The van der Waals surface area contributed by atoms with E-state index in [0.717, 1.165) is 37.2 Å². The van der Waals surface area contributed by atoms with Crippen LogP contribution in [-0.2, 0) is 6.18 Å². The van der Waals surface area contributed by atoms with E-state index in [1.165, 1.54) is 0 Å². The number of aromatic nitrogens is 3. The molecule has 1 fully saturated rings. The fourth-order valence-electron chi connectivity index (χ4n) is 5.43. The quantitative estimate of drug-likeness (QED) is 0.295. The summed E-state index contributed by atoms with van der Waals surface area (Å²) < 4.78 is 53.7. The van der Waals surface area contributed by atoms with Gasteiger partial charge in [0.1, 0.15) is 29.6 Å². The van der Waals surface area contributed by atoms with Gasteiger partial charge >= 0.3 is 6.18 Å². The second-order valence-electron chi connectivity index (χ2n) is 10.4. The second-order valence-corrected chi connectivity index (χ2v) is 10.4. The van der Waals surface area contributed by atoms with E-state index in [0.29, 0.717) is 29.5 Å². The van der Waals surface area contributed by atoms with E-state index in [1.54, 1.807) is 19.2 Å². The topological polar surface area (TPSA) is 93.8 Å². The molecule has 0 bridgehead atoms. The standard InChI is InChI=1S/C28H31F3N8O2/c1-37(2)20-8-6-5-7-18(20)33-26-24-17(28(29,30)31)13-32-25(24)35-27(36-26)34-19-11-23-21(12-22(19)40-4)39-10-9-38(3)14-16(39)15-41-23/h5-8,11-13,16H,9-10,14-15H2,1-4H3,(H3,32,33,34,35,36). The fraction of sp³-hybridized carbons (Fsp3) is 0.357. The number of halogens is 3. The summed E-state index contributed by atoms with van der Waals surface area (Å²) >= 11 is 0. The summed E-state index contributed by atoms with van der Waals surface area (Å²) in [6, 6.07) is 11.3. The third-order valence-corrected chi connectivity index (χ3v) is 7.43. The van der Waals surface area contributed by atoms with Crippen molar-refractivity contribution in [3.05, 3.63) is 48.2 Å². The molecule has 216 valence electrons. The summed E-state index contributed by atoms with van der Waals surface area (Å²) in [4.78, 5) is 18.0. The molecule has 6 rings (SSSR count). The molecule has 0 saturated carbocycles. The summed E-state index contributed by atoms with van der Waals surface area (Å²) in [7, 11) is 7.37. The van der Waals surface area contributed by atoms with Crippen molar-refractivity contribution in [1.82, 2.24) is 19.9 Å². The lowest BCUT2D eigenvalue weighted by molar-refractivity contribution is -0.136. The van der Waals surface area contributed by atoms with E-state index in [1.807, 2.05) is 43.3 Å². The maximum atomic E-state index is 14.0. The van der Waals surface area contributed by atoms with Crippen molar-refractivity contribution in [1.29, 1.82) is 0 Å². The molecule has 0 radical (unpaired) electrons. The number of hydrogen-bond donors (Lipinski definition) is 3. The van der Waals surface area contributed by atoms with Crippen LogP contribution in [0, 0.1) is 0 Å². The van der Waals surface area contributed by atoms with E-state index < -0.39 is 11.7 Å². The van der Waals surface area contributed by atoms with Crippen LogP contribution in [0.2, 0.25) is 0 Å². The molecule has 4 heterocycles. The number of ether oxygens (including phenoxy) is 2. The first-order chi connectivity index (χ1) is 19.6. The van der Waals surface area contributed by atoms with Gasteiger partial charge in [-0.3, -0.25) is 0 Å². The predicted molar refractivity (Wildman–Crippen MR) is 153 cm³/mol. The van der Waals surface area contributed by atoms with E-state index in [2.05, 4.69) is 42.4 Å². The van der Waals surface area contributed by atoms with E-state index in [9.17, 15) is 13.2 Å². The lowest BCUT2D eigenvalue weighted by atomic mass is 10.1. The molecule has 2 aromatic heterocycles. The van der Waals surface area contributed by atoms with Crippen LogP contribution < -0.4 is 29.9 Å². The highest BCUT2D eigenvalue weighted by molar-refractivity contribution is 5.95. The molecule has 1 unspecified atom stereocenters. The summed E-state index contributed by atoms with van der Waals surface area (Å²) in [5.41, 5.74) is 2.03. The number of methoxy groups -OCH3 is 1. The van der Waals surface area contributed by atoms with Gasteiger partial charge in [0.25, 0.3) is 0 Å². The molecule has 41 heavy (non-hydrogen) atoms. The zero-order chi connectivity index (χ0) is 28.9. The summed E-state index contributed by atoms with van der Waals surface area (Å²) in [6.07, 6.45) is -3.69. The first-order valence-electron chi connectivity index (χ1n) is 13.2. The van der Waals surface area contributed by atoms with Crippen LogP contribution >= 0.6 is 0 Å². The van der Waals surface area contributed by atoms with Crippen LogP contribution in [0.25, 0.3) is 11.0 Å². The fourth-order valence-corrected chi connectivity index (χ4v) is 5.43. The first-order valence-corrected chi connectivity index (χ1v) is 13.2. The largest absolute Gasteiger partial charge is 0.494 e. The Bertz CT molecular complexity index is 1590. The van der Waals surface area contributed by atoms with Gasteiger partial charge in [0.15, 0.2) is 0 Å². The number of likely N-dealkylation sites (N-methyl/N-ethyl adjacent to an activating group) is 1. The van der Waals surface area contributed by atoms with Crippen molar-refractivity contribution in [2.75, 3.05) is 74.9 Å². The first kappa shape index (κ1) is 26.8. The Morgan fingerprint density at radius 3 is 2.66 bits per heavy atom. The van der Waals surface area contributed by atoms with Gasteiger partial charge in [0, 0.05) is 52.1 Å². The number of fused-ring (bicyclic) bond motifs is 4. The maximum absolute atomic E-state index is 14.0. The lowest BCUT2D eigenvalue weighted by Crippen LogP contribution is -2.56. The number of aromatic amines is 1. The number of rotatable bonds is 6. The van der Waals surface area contributed by atoms with E-state index >= 15 is 0 Å². The minimum absolute atomic E-state index is 0.00818. The average Bonchev–Trinajstić information content (AvgIpc) is 3.38. The molecule has 2 aromatic carbocycles. The molecule has 0 spiro atoms. The van der Waals surface area contributed by atoms with Crippen molar-refractivity contribution in [3.8, 4) is 11.5 Å². The number of H-pyrrole nitrogens is 1. The van der Waals surface area contributed by atoms with Gasteiger partial charge in [-0.15, -0.1) is 0 Å². The number of nitrogens with one attached hydrogen (secondary N) is 3. The van der Waals surface area contributed by atoms with Gasteiger partial charge < -0.3 is 39.8 Å². The highest BCUT2D eigenvalue weighted by Gasteiger charge is 2.36. The number of benzene rings is 2. The van der Waals surface area contributed by atoms with Gasteiger partial charge in [-0.1, -0.05) is 12.1 Å². The molecule has 2 aliphatic rings. The number of anilines is 6. The van der Waals surface area contributed by atoms with Crippen molar-refractivity contribution >= 4 is 45.5 Å². The number of para-hydroxylation sites is 2. The van der Waals surface area contributed by atoms with Crippen molar-refractivity contribution < 1.29 is 22.6 Å². The summed E-state index contributed by atoms with van der Waals surface area (Å²) in [6.45, 7) is 3.26. The smallest absolute Gasteiger partial charge is 0.418 e. The number of alkyl halides is 3. The number of piperazine rings is 1. The van der Waals surface area contributed by atoms with Crippen molar-refractivity contribution in [3.63, 3.8) is 0 Å². The Hall–Kier alpha value is -4.39. The normalized spacial score (nSPS) is 17.0. The highest BCUT2D eigenvalue weighted by atomic mass is 19.4. The van der Waals surface area contributed by atoms with E-state index in [-0.39, 0.29) is 28.8 Å². The molecule has 0 amide bonds. The maximum Gasteiger partial charge on any atom is 0.418 e. The molecule has 1 saturated heterocycles. The lowest BCUT2D eigenvalue weighted by Gasteiger charge is -2.44. The molecule has 4 aromatic rings. The molecule has 0 aliphatic carbocycles. The van der Waals surface area contributed by atoms with Crippen LogP contribution in [-0.4, -0.2) is 80.4 Å². The zero-order valence-corrected chi connectivity index (χ0v) is 23.1. The molecular formula is C28H31F3N8O2. The molecule has 13 heteroatoms. The van der Waals surface area contributed by atoms with Crippen LogP contribution in [0.5, 0.6) is 11.5 Å². The summed E-state index contributed by atoms with van der Waals surface area (Å²) in [5, 5.41) is 6.11. The monoisotopic (exact) mass is 568 g/mol. The Labute approximate surface area is 235 Å². The Balaban J connectivity index is 1.41. The zero-order valence-electron chi connectivity index (χ0n) is 23.1. The van der Waals surface area contributed by atoms with Gasteiger partial charge in [-0.05, 0) is 19.2 Å². The van der Waals surface area contributed by atoms with Gasteiger partial charge in [0.05, 0.1) is 46.9 Å². The SMILES string of the molecule is COc1cc2c(cc1Nc1nc(Nc3ccccc3N(C)C)c3c(C(F)(F)F)c[nH]c3n1)OCC1CN(C)CCN21. The minimum atomic E-state index is -4.60. The Morgan fingerprint density at radius 2 is 1.90 bits per heavy atom. The van der Waals surface area contributed by atoms with E-state index in [4.69, 9.17) is 9.47 Å². The van der Waals surface area contributed by atoms with Crippen LogP contribution in [0.1, 0.15) is 5.56 Å². The predicted octanol–water partition coefficient (Wildman–Crippen LogP) is 5.05. The van der Waals surface area contributed by atoms with Gasteiger partial charge in [0.2, 0.25) is 5.95 Å².